The molecule has 0 spiro atoms. The van der Waals surface area contributed by atoms with E-state index in [4.69, 9.17) is 10.5 Å². The second-order valence-electron chi connectivity index (χ2n) is 5.57. The number of carbonyl (C=O) groups excluding carboxylic acids is 1. The van der Waals surface area contributed by atoms with Crippen LogP contribution in [0.25, 0.3) is 0 Å². The maximum Gasteiger partial charge on any atom is 0.256 e. The van der Waals surface area contributed by atoms with Gasteiger partial charge in [0.25, 0.3) is 5.91 Å². The maximum absolute atomic E-state index is 12.7. The largest absolute Gasteiger partial charge is 0.367 e. The van der Waals surface area contributed by atoms with Crippen molar-refractivity contribution in [1.82, 2.24) is 4.90 Å². The zero-order valence-electron chi connectivity index (χ0n) is 12.3. The molecule has 1 aliphatic heterocycles. The van der Waals surface area contributed by atoms with Crippen molar-refractivity contribution < 1.29 is 9.53 Å². The number of amides is 1. The first-order chi connectivity index (χ1) is 9.63. The molecule has 1 saturated heterocycles. The Morgan fingerprint density at radius 3 is 2.70 bits per heavy atom. The van der Waals surface area contributed by atoms with Crippen molar-refractivity contribution in [3.63, 3.8) is 0 Å². The van der Waals surface area contributed by atoms with E-state index in [-0.39, 0.29) is 11.9 Å². The van der Waals surface area contributed by atoms with Gasteiger partial charge in [0, 0.05) is 26.2 Å². The summed E-state index contributed by atoms with van der Waals surface area (Å²) < 4.78 is 5.42. The first kappa shape index (κ1) is 15.0. The van der Waals surface area contributed by atoms with E-state index in [0.717, 1.165) is 31.5 Å². The number of hydrogen-bond acceptors (Lipinski definition) is 3. The van der Waals surface area contributed by atoms with Crippen LogP contribution in [0.4, 0.5) is 0 Å². The minimum absolute atomic E-state index is 0.0454. The lowest BCUT2D eigenvalue weighted by Gasteiger charge is -2.36. The molecule has 0 aromatic heterocycles. The minimum Gasteiger partial charge on any atom is -0.367 e. The summed E-state index contributed by atoms with van der Waals surface area (Å²) >= 11 is 0. The first-order valence-electron chi connectivity index (χ1n) is 7.25. The Bertz CT molecular complexity index is 433. The number of benzene rings is 1. The molecule has 3 atom stereocenters. The molecule has 110 valence electrons. The van der Waals surface area contributed by atoms with Crippen molar-refractivity contribution in [3.05, 3.63) is 35.9 Å². The van der Waals surface area contributed by atoms with E-state index in [0.29, 0.717) is 5.92 Å². The maximum atomic E-state index is 12.7. The van der Waals surface area contributed by atoms with Gasteiger partial charge in [-0.2, -0.15) is 0 Å². The number of piperidine rings is 1. The van der Waals surface area contributed by atoms with Gasteiger partial charge in [-0.1, -0.05) is 30.3 Å². The minimum atomic E-state index is -0.511. The number of methoxy groups -OCH3 is 1. The van der Waals surface area contributed by atoms with Gasteiger partial charge in [0.2, 0.25) is 0 Å². The third-order valence-electron chi connectivity index (χ3n) is 4.08. The first-order valence-corrected chi connectivity index (χ1v) is 7.25. The number of rotatable bonds is 4. The molecular formula is C16H24N2O2. The van der Waals surface area contributed by atoms with Crippen LogP contribution in [0.1, 0.15) is 31.4 Å². The van der Waals surface area contributed by atoms with Gasteiger partial charge in [0.1, 0.15) is 0 Å². The molecule has 1 amide bonds. The molecule has 3 unspecified atom stereocenters. The highest BCUT2D eigenvalue weighted by Gasteiger charge is 2.30. The highest BCUT2D eigenvalue weighted by molar-refractivity contribution is 5.82. The standard InChI is InChI=1S/C16H24N2O2/c1-12(17)14-9-6-10-18(11-14)16(19)15(20-2)13-7-4-3-5-8-13/h3-5,7-8,12,14-15H,6,9-11,17H2,1-2H3. The van der Waals surface area contributed by atoms with Crippen LogP contribution < -0.4 is 5.73 Å². The summed E-state index contributed by atoms with van der Waals surface area (Å²) in [5.74, 6) is 0.435. The molecule has 0 aliphatic carbocycles. The molecule has 4 nitrogen and oxygen atoms in total. The average Bonchev–Trinajstić information content (AvgIpc) is 2.49. The monoisotopic (exact) mass is 276 g/mol. The summed E-state index contributed by atoms with van der Waals surface area (Å²) in [7, 11) is 1.59. The van der Waals surface area contributed by atoms with Crippen LogP contribution in [0, 0.1) is 5.92 Å². The summed E-state index contributed by atoms with van der Waals surface area (Å²) in [5.41, 5.74) is 6.89. The van der Waals surface area contributed by atoms with Crippen LogP contribution in [-0.4, -0.2) is 37.0 Å². The van der Waals surface area contributed by atoms with Gasteiger partial charge in [0.15, 0.2) is 6.10 Å². The van der Waals surface area contributed by atoms with Crippen molar-refractivity contribution in [1.29, 1.82) is 0 Å². The van der Waals surface area contributed by atoms with Gasteiger partial charge in [-0.3, -0.25) is 4.79 Å². The second kappa shape index (κ2) is 6.86. The molecule has 1 aliphatic rings. The van der Waals surface area contributed by atoms with E-state index in [1.807, 2.05) is 42.2 Å². The summed E-state index contributed by atoms with van der Waals surface area (Å²) in [6.45, 7) is 3.56. The topological polar surface area (TPSA) is 55.6 Å². The van der Waals surface area contributed by atoms with Crippen molar-refractivity contribution >= 4 is 5.91 Å². The van der Waals surface area contributed by atoms with E-state index in [1.54, 1.807) is 7.11 Å². The van der Waals surface area contributed by atoms with Gasteiger partial charge in [-0.15, -0.1) is 0 Å². The number of hydrogen-bond donors (Lipinski definition) is 1. The molecule has 2 rings (SSSR count). The number of likely N-dealkylation sites (tertiary alicyclic amines) is 1. The Hall–Kier alpha value is -1.39. The molecule has 1 heterocycles. The zero-order valence-corrected chi connectivity index (χ0v) is 12.3. The predicted molar refractivity (Wildman–Crippen MR) is 79.1 cm³/mol. The predicted octanol–water partition coefficient (Wildman–Crippen LogP) is 1.96. The van der Waals surface area contributed by atoms with Crippen molar-refractivity contribution in [2.75, 3.05) is 20.2 Å². The zero-order chi connectivity index (χ0) is 14.5. The molecule has 1 aromatic rings. The van der Waals surface area contributed by atoms with Crippen molar-refractivity contribution in [2.45, 2.75) is 31.9 Å². The van der Waals surface area contributed by atoms with Crippen LogP contribution in [-0.2, 0) is 9.53 Å². The number of carbonyl (C=O) groups is 1. The molecule has 0 saturated carbocycles. The fourth-order valence-electron chi connectivity index (χ4n) is 2.81. The van der Waals surface area contributed by atoms with Gasteiger partial charge in [-0.05, 0) is 31.2 Å². The van der Waals surface area contributed by atoms with Crippen LogP contribution in [0.2, 0.25) is 0 Å². The third-order valence-corrected chi connectivity index (χ3v) is 4.08. The summed E-state index contributed by atoms with van der Waals surface area (Å²) in [5, 5.41) is 0. The smallest absolute Gasteiger partial charge is 0.256 e. The van der Waals surface area contributed by atoms with Crippen LogP contribution in [0.3, 0.4) is 0 Å². The fraction of sp³-hybridized carbons (Fsp3) is 0.562. The van der Waals surface area contributed by atoms with Gasteiger partial charge >= 0.3 is 0 Å². The number of nitrogens with zero attached hydrogens (tertiary/aromatic N) is 1. The SMILES string of the molecule is COC(C(=O)N1CCCC(C(C)N)C1)c1ccccc1. The lowest BCUT2D eigenvalue weighted by molar-refractivity contribution is -0.144. The van der Waals surface area contributed by atoms with E-state index in [9.17, 15) is 4.79 Å². The third kappa shape index (κ3) is 3.38. The summed E-state index contributed by atoms with van der Waals surface area (Å²) in [6, 6.07) is 9.78. The number of ether oxygens (including phenoxy) is 1. The highest BCUT2D eigenvalue weighted by Crippen LogP contribution is 2.24. The van der Waals surface area contributed by atoms with E-state index in [2.05, 4.69) is 0 Å². The normalized spacial score (nSPS) is 22.4. The highest BCUT2D eigenvalue weighted by atomic mass is 16.5. The van der Waals surface area contributed by atoms with Crippen molar-refractivity contribution in [3.8, 4) is 0 Å². The molecule has 2 N–H and O–H groups in total. The van der Waals surface area contributed by atoms with Gasteiger partial charge < -0.3 is 15.4 Å². The molecule has 0 radical (unpaired) electrons. The molecule has 4 heteroatoms. The summed E-state index contributed by atoms with van der Waals surface area (Å²) in [6.07, 6.45) is 1.61. The van der Waals surface area contributed by atoms with E-state index in [1.165, 1.54) is 0 Å². The van der Waals surface area contributed by atoms with Crippen LogP contribution in [0.15, 0.2) is 30.3 Å². The molecule has 1 fully saturated rings. The van der Waals surface area contributed by atoms with Crippen LogP contribution in [0.5, 0.6) is 0 Å². The lowest BCUT2D eigenvalue weighted by atomic mass is 9.91. The molecule has 1 aromatic carbocycles. The Balaban J connectivity index is 2.09. The quantitative estimate of drug-likeness (QED) is 0.914. The lowest BCUT2D eigenvalue weighted by Crippen LogP contribution is -2.46. The molecule has 0 bridgehead atoms. The van der Waals surface area contributed by atoms with Crippen LogP contribution >= 0.6 is 0 Å². The van der Waals surface area contributed by atoms with Gasteiger partial charge in [0.05, 0.1) is 0 Å². The summed E-state index contributed by atoms with van der Waals surface area (Å²) in [4.78, 5) is 14.6. The average molecular weight is 276 g/mol. The molecule has 20 heavy (non-hydrogen) atoms. The van der Waals surface area contributed by atoms with E-state index >= 15 is 0 Å². The fourth-order valence-corrected chi connectivity index (χ4v) is 2.81. The van der Waals surface area contributed by atoms with Crippen molar-refractivity contribution in [2.24, 2.45) is 11.7 Å². The number of nitrogens with two attached hydrogens (primary N) is 1. The Kier molecular flexibility index (Phi) is 5.15. The Labute approximate surface area is 120 Å². The van der Waals surface area contributed by atoms with Gasteiger partial charge in [-0.25, -0.2) is 0 Å². The Morgan fingerprint density at radius 2 is 2.10 bits per heavy atom. The van der Waals surface area contributed by atoms with E-state index < -0.39 is 6.10 Å². The molecular weight excluding hydrogens is 252 g/mol. The Morgan fingerprint density at radius 1 is 1.40 bits per heavy atom. The second-order valence-corrected chi connectivity index (χ2v) is 5.57.